The van der Waals surface area contributed by atoms with Gasteiger partial charge in [0.2, 0.25) is 0 Å². The summed E-state index contributed by atoms with van der Waals surface area (Å²) in [5, 5.41) is 11.5. The normalized spacial score (nSPS) is 19.9. The number of guanidine groups is 1. The van der Waals surface area contributed by atoms with Crippen LogP contribution in [0.3, 0.4) is 0 Å². The predicted octanol–water partition coefficient (Wildman–Crippen LogP) is -0.252. The Labute approximate surface area is 86.6 Å². The minimum Gasteiger partial charge on any atom is -0.508 e. The van der Waals surface area contributed by atoms with E-state index in [9.17, 15) is 4.79 Å². The summed E-state index contributed by atoms with van der Waals surface area (Å²) in [4.78, 5) is 15.3. The molecule has 5 heteroatoms. The Kier molecular flexibility index (Phi) is 2.29. The first-order valence-electron chi connectivity index (χ1n) is 4.57. The number of carbonyl (C=O) groups excluding carboxylic acids is 1. The molecule has 0 spiro atoms. The second kappa shape index (κ2) is 3.61. The topological polar surface area (TPSA) is 87.7 Å². The van der Waals surface area contributed by atoms with Crippen LogP contribution in [0.2, 0.25) is 0 Å². The van der Waals surface area contributed by atoms with Crippen molar-refractivity contribution in [1.82, 2.24) is 5.32 Å². The molecule has 0 radical (unpaired) electrons. The molecule has 1 aromatic carbocycles. The van der Waals surface area contributed by atoms with Gasteiger partial charge in [-0.15, -0.1) is 0 Å². The van der Waals surface area contributed by atoms with Crippen molar-refractivity contribution in [3.8, 4) is 5.75 Å². The quantitative estimate of drug-likeness (QED) is 0.622. The van der Waals surface area contributed by atoms with Crippen LogP contribution in [0.25, 0.3) is 0 Å². The summed E-state index contributed by atoms with van der Waals surface area (Å²) in [6, 6.07) is 6.22. The van der Waals surface area contributed by atoms with E-state index in [1.165, 1.54) is 0 Å². The number of aromatic hydroxyl groups is 1. The van der Waals surface area contributed by atoms with Crippen molar-refractivity contribution >= 4 is 11.9 Å². The number of amides is 1. The molecular formula is C10H11N3O2. The third-order valence-electron chi connectivity index (χ3n) is 2.21. The Hall–Kier alpha value is -2.04. The highest BCUT2D eigenvalue weighted by molar-refractivity contribution is 6.04. The summed E-state index contributed by atoms with van der Waals surface area (Å²) in [5.41, 5.74) is 6.31. The van der Waals surface area contributed by atoms with E-state index in [2.05, 4.69) is 10.3 Å². The van der Waals surface area contributed by atoms with Crippen LogP contribution in [0, 0.1) is 0 Å². The van der Waals surface area contributed by atoms with Crippen molar-refractivity contribution in [3.05, 3.63) is 29.8 Å². The van der Waals surface area contributed by atoms with Crippen molar-refractivity contribution in [2.45, 2.75) is 12.5 Å². The molecule has 2 rings (SSSR count). The molecule has 1 aliphatic rings. The standard InChI is InChI=1S/C10H11N3O2/c11-10-12-8(9(15)13-10)5-6-1-3-7(14)4-2-6/h1-4,8,14H,5H2,(H3,11,12,13,15)/t8-/m0/s1. The highest BCUT2D eigenvalue weighted by Gasteiger charge is 2.24. The molecule has 4 N–H and O–H groups in total. The van der Waals surface area contributed by atoms with Gasteiger partial charge in [0.25, 0.3) is 5.91 Å². The summed E-state index contributed by atoms with van der Waals surface area (Å²) in [7, 11) is 0. The number of nitrogens with one attached hydrogen (secondary N) is 1. The van der Waals surface area contributed by atoms with E-state index in [0.717, 1.165) is 5.56 Å². The molecule has 0 bridgehead atoms. The molecule has 0 saturated heterocycles. The second-order valence-corrected chi connectivity index (χ2v) is 3.39. The zero-order chi connectivity index (χ0) is 10.8. The summed E-state index contributed by atoms with van der Waals surface area (Å²) >= 11 is 0. The van der Waals surface area contributed by atoms with Crippen molar-refractivity contribution in [2.75, 3.05) is 0 Å². The van der Waals surface area contributed by atoms with Crippen molar-refractivity contribution in [2.24, 2.45) is 10.7 Å². The van der Waals surface area contributed by atoms with E-state index < -0.39 is 6.04 Å². The summed E-state index contributed by atoms with van der Waals surface area (Å²) in [6.45, 7) is 0. The highest BCUT2D eigenvalue weighted by atomic mass is 16.3. The zero-order valence-electron chi connectivity index (χ0n) is 7.97. The lowest BCUT2D eigenvalue weighted by Gasteiger charge is -2.04. The van der Waals surface area contributed by atoms with Crippen LogP contribution >= 0.6 is 0 Å². The summed E-state index contributed by atoms with van der Waals surface area (Å²) in [6.07, 6.45) is 0.493. The van der Waals surface area contributed by atoms with E-state index in [1.54, 1.807) is 24.3 Å². The number of rotatable bonds is 2. The SMILES string of the molecule is NC1=N[C@@H](Cc2ccc(O)cc2)C(=O)N1. The van der Waals surface area contributed by atoms with Crippen molar-refractivity contribution < 1.29 is 9.90 Å². The fourth-order valence-electron chi connectivity index (χ4n) is 1.46. The van der Waals surface area contributed by atoms with Crippen molar-refractivity contribution in [1.29, 1.82) is 0 Å². The van der Waals surface area contributed by atoms with Gasteiger partial charge in [-0.2, -0.15) is 0 Å². The molecule has 1 atom stereocenters. The monoisotopic (exact) mass is 205 g/mol. The van der Waals surface area contributed by atoms with E-state index in [1.807, 2.05) is 0 Å². The maximum absolute atomic E-state index is 11.3. The Bertz CT molecular complexity index is 411. The fraction of sp³-hybridized carbons (Fsp3) is 0.200. The second-order valence-electron chi connectivity index (χ2n) is 3.39. The van der Waals surface area contributed by atoms with E-state index in [-0.39, 0.29) is 17.6 Å². The third-order valence-corrected chi connectivity index (χ3v) is 2.21. The number of phenolic OH excluding ortho intramolecular Hbond substituents is 1. The van der Waals surface area contributed by atoms with Gasteiger partial charge in [-0.3, -0.25) is 10.1 Å². The number of nitrogens with zero attached hydrogens (tertiary/aromatic N) is 1. The van der Waals surface area contributed by atoms with Gasteiger partial charge in [-0.25, -0.2) is 4.99 Å². The smallest absolute Gasteiger partial charge is 0.251 e. The molecular weight excluding hydrogens is 194 g/mol. The van der Waals surface area contributed by atoms with E-state index in [0.29, 0.717) is 6.42 Å². The van der Waals surface area contributed by atoms with Crippen LogP contribution in [0.15, 0.2) is 29.3 Å². The third kappa shape index (κ3) is 2.07. The van der Waals surface area contributed by atoms with Gasteiger partial charge < -0.3 is 10.8 Å². The average molecular weight is 205 g/mol. The van der Waals surface area contributed by atoms with Gasteiger partial charge in [-0.05, 0) is 17.7 Å². The van der Waals surface area contributed by atoms with Crippen LogP contribution in [0.4, 0.5) is 0 Å². The highest BCUT2D eigenvalue weighted by Crippen LogP contribution is 2.13. The molecule has 15 heavy (non-hydrogen) atoms. The lowest BCUT2D eigenvalue weighted by Crippen LogP contribution is -2.33. The molecule has 0 aromatic heterocycles. The molecule has 1 aliphatic heterocycles. The van der Waals surface area contributed by atoms with Gasteiger partial charge in [0.05, 0.1) is 0 Å². The van der Waals surface area contributed by atoms with Crippen LogP contribution in [0.5, 0.6) is 5.75 Å². The van der Waals surface area contributed by atoms with Crippen LogP contribution < -0.4 is 11.1 Å². The maximum Gasteiger partial charge on any atom is 0.251 e. The lowest BCUT2D eigenvalue weighted by molar-refractivity contribution is -0.120. The predicted molar refractivity (Wildman–Crippen MR) is 55.4 cm³/mol. The average Bonchev–Trinajstić information content (AvgIpc) is 2.49. The molecule has 1 aromatic rings. The molecule has 0 fully saturated rings. The maximum atomic E-state index is 11.3. The molecule has 0 aliphatic carbocycles. The first kappa shape index (κ1) is 9.51. The number of aliphatic imine (C=N–C) groups is 1. The van der Waals surface area contributed by atoms with Gasteiger partial charge in [0.1, 0.15) is 11.8 Å². The Morgan fingerprint density at radius 3 is 2.60 bits per heavy atom. The molecule has 5 nitrogen and oxygen atoms in total. The van der Waals surface area contributed by atoms with Gasteiger partial charge in [-0.1, -0.05) is 12.1 Å². The number of hydrogen-bond acceptors (Lipinski definition) is 4. The molecule has 78 valence electrons. The largest absolute Gasteiger partial charge is 0.508 e. The molecule has 1 amide bonds. The first-order chi connectivity index (χ1) is 7.15. The van der Waals surface area contributed by atoms with Crippen LogP contribution in [-0.2, 0) is 11.2 Å². The summed E-state index contributed by atoms with van der Waals surface area (Å²) in [5.74, 6) is 0.196. The Morgan fingerprint density at radius 2 is 2.07 bits per heavy atom. The zero-order valence-corrected chi connectivity index (χ0v) is 7.97. The number of hydrogen-bond donors (Lipinski definition) is 3. The van der Waals surface area contributed by atoms with Crippen molar-refractivity contribution in [3.63, 3.8) is 0 Å². The minimum atomic E-state index is -0.449. The number of phenols is 1. The van der Waals surface area contributed by atoms with Crippen LogP contribution in [0.1, 0.15) is 5.56 Å². The number of nitrogens with two attached hydrogens (primary N) is 1. The molecule has 0 unspecified atom stereocenters. The molecule has 1 heterocycles. The number of carbonyl (C=O) groups is 1. The minimum absolute atomic E-state index is 0.170. The van der Waals surface area contributed by atoms with Gasteiger partial charge in [0, 0.05) is 6.42 Å². The van der Waals surface area contributed by atoms with E-state index >= 15 is 0 Å². The summed E-state index contributed by atoms with van der Waals surface area (Å²) < 4.78 is 0. The van der Waals surface area contributed by atoms with Crippen LogP contribution in [-0.4, -0.2) is 23.0 Å². The first-order valence-corrected chi connectivity index (χ1v) is 4.57. The van der Waals surface area contributed by atoms with Gasteiger partial charge >= 0.3 is 0 Å². The number of benzene rings is 1. The Morgan fingerprint density at radius 1 is 1.40 bits per heavy atom. The van der Waals surface area contributed by atoms with Gasteiger partial charge in [0.15, 0.2) is 5.96 Å². The van der Waals surface area contributed by atoms with E-state index in [4.69, 9.17) is 10.8 Å². The lowest BCUT2D eigenvalue weighted by atomic mass is 10.1. The fourth-order valence-corrected chi connectivity index (χ4v) is 1.46. The Balaban J connectivity index is 2.09. The molecule has 0 saturated carbocycles.